The van der Waals surface area contributed by atoms with Crippen molar-refractivity contribution < 1.29 is 0 Å². The predicted molar refractivity (Wildman–Crippen MR) is 61.3 cm³/mol. The van der Waals surface area contributed by atoms with Gasteiger partial charge in [0.2, 0.25) is 0 Å². The fraction of sp³-hybridized carbons (Fsp3) is 0.455. The third-order valence-electron chi connectivity index (χ3n) is 2.73. The van der Waals surface area contributed by atoms with Crippen LogP contribution in [-0.2, 0) is 0 Å². The van der Waals surface area contributed by atoms with Crippen LogP contribution in [0.4, 0.5) is 11.4 Å². The summed E-state index contributed by atoms with van der Waals surface area (Å²) in [7, 11) is 0. The highest BCUT2D eigenvalue weighted by Crippen LogP contribution is 2.22. The maximum atomic E-state index is 8.29. The Bertz CT molecular complexity index is 359. The lowest BCUT2D eigenvalue weighted by atomic mass is 10.1. The lowest BCUT2D eigenvalue weighted by Crippen LogP contribution is -2.29. The summed E-state index contributed by atoms with van der Waals surface area (Å²) in [6.07, 6.45) is 3.89. The van der Waals surface area contributed by atoms with Crippen molar-refractivity contribution in [2.75, 3.05) is 18.0 Å². The van der Waals surface area contributed by atoms with Gasteiger partial charge >= 0.3 is 0 Å². The van der Waals surface area contributed by atoms with Crippen LogP contribution < -0.4 is 4.90 Å². The zero-order valence-electron chi connectivity index (χ0n) is 8.63. The number of azide groups is 1. The Morgan fingerprint density at radius 2 is 1.73 bits per heavy atom. The van der Waals surface area contributed by atoms with Crippen molar-refractivity contribution in [3.63, 3.8) is 0 Å². The highest BCUT2D eigenvalue weighted by molar-refractivity contribution is 5.52. The third kappa shape index (κ3) is 2.42. The van der Waals surface area contributed by atoms with Crippen LogP contribution in [-0.4, -0.2) is 13.1 Å². The van der Waals surface area contributed by atoms with Gasteiger partial charge in [0.15, 0.2) is 0 Å². The first-order valence-corrected chi connectivity index (χ1v) is 5.30. The SMILES string of the molecule is [N-]=[N+]=Nc1ccc(N2CCCCC2)cc1. The summed E-state index contributed by atoms with van der Waals surface area (Å²) in [5, 5.41) is 3.55. The van der Waals surface area contributed by atoms with Gasteiger partial charge in [0.1, 0.15) is 0 Å². The molecule has 1 fully saturated rings. The molecule has 0 aromatic heterocycles. The van der Waals surface area contributed by atoms with E-state index in [9.17, 15) is 0 Å². The molecule has 0 bridgehead atoms. The quantitative estimate of drug-likeness (QED) is 0.410. The summed E-state index contributed by atoms with van der Waals surface area (Å²) >= 11 is 0. The number of hydrogen-bond donors (Lipinski definition) is 0. The summed E-state index contributed by atoms with van der Waals surface area (Å²) in [5.41, 5.74) is 10.2. The van der Waals surface area contributed by atoms with E-state index in [-0.39, 0.29) is 0 Å². The van der Waals surface area contributed by atoms with E-state index in [0.717, 1.165) is 13.1 Å². The van der Waals surface area contributed by atoms with Crippen molar-refractivity contribution in [1.29, 1.82) is 0 Å². The molecular weight excluding hydrogens is 188 g/mol. The van der Waals surface area contributed by atoms with E-state index >= 15 is 0 Å². The first kappa shape index (κ1) is 9.87. The van der Waals surface area contributed by atoms with Crippen LogP contribution in [0.2, 0.25) is 0 Å². The van der Waals surface area contributed by atoms with E-state index in [1.807, 2.05) is 24.3 Å². The van der Waals surface area contributed by atoms with Gasteiger partial charge in [-0.15, -0.1) is 0 Å². The third-order valence-corrected chi connectivity index (χ3v) is 2.73. The maximum Gasteiger partial charge on any atom is 0.0376 e. The minimum atomic E-state index is 0.679. The lowest BCUT2D eigenvalue weighted by Gasteiger charge is -2.28. The van der Waals surface area contributed by atoms with Gasteiger partial charge in [-0.3, -0.25) is 0 Å². The summed E-state index contributed by atoms with van der Waals surface area (Å²) < 4.78 is 0. The van der Waals surface area contributed by atoms with Gasteiger partial charge in [0.05, 0.1) is 0 Å². The molecule has 1 aromatic carbocycles. The van der Waals surface area contributed by atoms with Crippen LogP contribution in [0.25, 0.3) is 10.4 Å². The molecule has 0 amide bonds. The van der Waals surface area contributed by atoms with E-state index in [1.54, 1.807) is 0 Å². The highest BCUT2D eigenvalue weighted by atomic mass is 15.1. The number of anilines is 1. The van der Waals surface area contributed by atoms with Crippen molar-refractivity contribution in [1.82, 2.24) is 0 Å². The number of piperidine rings is 1. The summed E-state index contributed by atoms with van der Waals surface area (Å²) in [6.45, 7) is 2.28. The molecule has 4 nitrogen and oxygen atoms in total. The molecule has 0 N–H and O–H groups in total. The standard InChI is InChI=1S/C11H14N4/c12-14-13-10-4-6-11(7-5-10)15-8-2-1-3-9-15/h4-7H,1-3,8-9H2. The first-order chi connectivity index (χ1) is 7.40. The molecular formula is C11H14N4. The van der Waals surface area contributed by atoms with E-state index in [0.29, 0.717) is 5.69 Å². The van der Waals surface area contributed by atoms with E-state index in [2.05, 4.69) is 14.9 Å². The second-order valence-electron chi connectivity index (χ2n) is 3.75. The zero-order valence-corrected chi connectivity index (χ0v) is 8.63. The van der Waals surface area contributed by atoms with Crippen LogP contribution in [0.15, 0.2) is 29.4 Å². The highest BCUT2D eigenvalue weighted by Gasteiger charge is 2.09. The Balaban J connectivity index is 2.11. The average Bonchev–Trinajstić information content (AvgIpc) is 2.32. The normalized spacial score (nSPS) is 15.9. The Morgan fingerprint density at radius 1 is 1.07 bits per heavy atom. The molecule has 0 radical (unpaired) electrons. The van der Waals surface area contributed by atoms with Gasteiger partial charge in [-0.05, 0) is 36.9 Å². The molecule has 0 atom stereocenters. The molecule has 0 unspecified atom stereocenters. The Hall–Kier alpha value is -1.67. The van der Waals surface area contributed by atoms with Gasteiger partial charge in [-0.1, -0.05) is 17.2 Å². The molecule has 1 saturated heterocycles. The fourth-order valence-corrected chi connectivity index (χ4v) is 1.93. The number of hydrogen-bond acceptors (Lipinski definition) is 2. The second kappa shape index (κ2) is 4.71. The average molecular weight is 202 g/mol. The van der Waals surface area contributed by atoms with Crippen LogP contribution in [0.3, 0.4) is 0 Å². The maximum absolute atomic E-state index is 8.29. The fourth-order valence-electron chi connectivity index (χ4n) is 1.93. The number of nitrogens with zero attached hydrogens (tertiary/aromatic N) is 4. The molecule has 15 heavy (non-hydrogen) atoms. The van der Waals surface area contributed by atoms with E-state index in [1.165, 1.54) is 24.9 Å². The Kier molecular flexibility index (Phi) is 3.10. The van der Waals surface area contributed by atoms with E-state index in [4.69, 9.17) is 5.53 Å². The van der Waals surface area contributed by atoms with Crippen molar-refractivity contribution in [3.05, 3.63) is 34.7 Å². The van der Waals surface area contributed by atoms with Gasteiger partial charge in [0, 0.05) is 29.4 Å². The van der Waals surface area contributed by atoms with Crippen LogP contribution in [0.5, 0.6) is 0 Å². The molecule has 1 aromatic rings. The summed E-state index contributed by atoms with van der Waals surface area (Å²) in [6, 6.07) is 7.78. The molecule has 1 aliphatic heterocycles. The van der Waals surface area contributed by atoms with Crippen LogP contribution in [0, 0.1) is 0 Å². The van der Waals surface area contributed by atoms with Gasteiger partial charge in [-0.25, -0.2) is 0 Å². The van der Waals surface area contributed by atoms with E-state index < -0.39 is 0 Å². The molecule has 1 aliphatic rings. The second-order valence-corrected chi connectivity index (χ2v) is 3.75. The van der Waals surface area contributed by atoms with Gasteiger partial charge in [0.25, 0.3) is 0 Å². The van der Waals surface area contributed by atoms with Crippen LogP contribution in [0.1, 0.15) is 19.3 Å². The Labute approximate surface area is 89.1 Å². The minimum Gasteiger partial charge on any atom is -0.372 e. The van der Waals surface area contributed by atoms with Crippen molar-refractivity contribution in [2.45, 2.75) is 19.3 Å². The van der Waals surface area contributed by atoms with Crippen molar-refractivity contribution in [3.8, 4) is 0 Å². The minimum absolute atomic E-state index is 0.679. The predicted octanol–water partition coefficient (Wildman–Crippen LogP) is 3.62. The first-order valence-electron chi connectivity index (χ1n) is 5.30. The number of rotatable bonds is 2. The van der Waals surface area contributed by atoms with Crippen molar-refractivity contribution >= 4 is 11.4 Å². The summed E-state index contributed by atoms with van der Waals surface area (Å²) in [4.78, 5) is 5.14. The molecule has 4 heteroatoms. The molecule has 0 spiro atoms. The smallest absolute Gasteiger partial charge is 0.0376 e. The molecule has 2 rings (SSSR count). The monoisotopic (exact) mass is 202 g/mol. The molecule has 0 saturated carbocycles. The van der Waals surface area contributed by atoms with Crippen LogP contribution >= 0.6 is 0 Å². The molecule has 0 aliphatic carbocycles. The summed E-state index contributed by atoms with van der Waals surface area (Å²) in [5.74, 6) is 0. The van der Waals surface area contributed by atoms with Crippen molar-refractivity contribution in [2.24, 2.45) is 5.11 Å². The van der Waals surface area contributed by atoms with Gasteiger partial charge < -0.3 is 4.90 Å². The molecule has 1 heterocycles. The Morgan fingerprint density at radius 3 is 2.33 bits per heavy atom. The van der Waals surface area contributed by atoms with Gasteiger partial charge in [-0.2, -0.15) is 0 Å². The zero-order chi connectivity index (χ0) is 10.5. The topological polar surface area (TPSA) is 52.0 Å². The largest absolute Gasteiger partial charge is 0.372 e. The lowest BCUT2D eigenvalue weighted by molar-refractivity contribution is 0.578. The molecule has 78 valence electrons. The number of benzene rings is 1.